The number of aliphatic hydroxyl groups is 1. The topological polar surface area (TPSA) is 49.2 Å². The molecule has 0 aromatic carbocycles. The van der Waals surface area contributed by atoms with E-state index >= 15 is 0 Å². The molecule has 1 aliphatic rings. The average molecular weight is 328 g/mol. The second kappa shape index (κ2) is 6.66. The lowest BCUT2D eigenvalue weighted by atomic mass is 10.2. The highest BCUT2D eigenvalue weighted by atomic mass is 79.9. The van der Waals surface area contributed by atoms with Crippen LogP contribution in [0, 0.1) is 0 Å². The fraction of sp³-hybridized carbons (Fsp3) is 0.714. The van der Waals surface area contributed by atoms with Crippen molar-refractivity contribution in [2.45, 2.75) is 51.5 Å². The zero-order valence-electron chi connectivity index (χ0n) is 11.6. The van der Waals surface area contributed by atoms with E-state index in [-0.39, 0.29) is 6.61 Å². The van der Waals surface area contributed by atoms with Crippen LogP contribution < -0.4 is 4.90 Å². The molecule has 0 spiro atoms. The van der Waals surface area contributed by atoms with E-state index in [0.29, 0.717) is 18.5 Å². The highest BCUT2D eigenvalue weighted by Gasteiger charge is 2.24. The fourth-order valence-electron chi connectivity index (χ4n) is 2.64. The van der Waals surface area contributed by atoms with E-state index in [2.05, 4.69) is 44.6 Å². The fourth-order valence-corrected chi connectivity index (χ4v) is 3.02. The predicted octanol–water partition coefficient (Wildman–Crippen LogP) is 3.10. The van der Waals surface area contributed by atoms with Gasteiger partial charge < -0.3 is 10.0 Å². The Hall–Kier alpha value is -0.680. The van der Waals surface area contributed by atoms with Crippen molar-refractivity contribution < 1.29 is 5.11 Å². The summed E-state index contributed by atoms with van der Waals surface area (Å²) in [7, 11) is 0. The summed E-state index contributed by atoms with van der Waals surface area (Å²) >= 11 is 3.47. The third-order valence-corrected chi connectivity index (χ3v) is 4.02. The van der Waals surface area contributed by atoms with Gasteiger partial charge in [-0.2, -0.15) is 0 Å². The maximum atomic E-state index is 9.31. The molecule has 0 unspecified atom stereocenters. The highest BCUT2D eigenvalue weighted by molar-refractivity contribution is 9.10. The molecule has 1 fully saturated rings. The van der Waals surface area contributed by atoms with Crippen molar-refractivity contribution in [3.63, 3.8) is 0 Å². The Morgan fingerprint density at radius 1 is 1.37 bits per heavy atom. The molecule has 106 valence electrons. The predicted molar refractivity (Wildman–Crippen MR) is 80.5 cm³/mol. The van der Waals surface area contributed by atoms with Crippen molar-refractivity contribution in [3.05, 3.63) is 16.5 Å². The van der Waals surface area contributed by atoms with E-state index in [9.17, 15) is 5.11 Å². The Bertz CT molecular complexity index is 419. The molecule has 5 heteroatoms. The molecule has 2 rings (SSSR count). The van der Waals surface area contributed by atoms with E-state index in [1.807, 2.05) is 6.07 Å². The molecule has 1 aliphatic carbocycles. The lowest BCUT2D eigenvalue weighted by molar-refractivity contribution is 0.296. The standard InChI is InChI=1S/C14H22BrN3O/c1-10(2)14-16-12(15)9-13(17-14)18(7-8-19)11-5-3-4-6-11/h9-11,19H,3-8H2,1-2H3. The number of nitrogens with zero attached hydrogens (tertiary/aromatic N) is 3. The zero-order chi connectivity index (χ0) is 13.8. The summed E-state index contributed by atoms with van der Waals surface area (Å²) in [4.78, 5) is 11.3. The van der Waals surface area contributed by atoms with Gasteiger partial charge in [-0.05, 0) is 28.8 Å². The Kier molecular flexibility index (Phi) is 5.16. The minimum Gasteiger partial charge on any atom is -0.395 e. The maximum absolute atomic E-state index is 9.31. The molecule has 0 amide bonds. The largest absolute Gasteiger partial charge is 0.395 e. The summed E-state index contributed by atoms with van der Waals surface area (Å²) in [5, 5.41) is 9.31. The van der Waals surface area contributed by atoms with Crippen LogP contribution in [0.5, 0.6) is 0 Å². The van der Waals surface area contributed by atoms with Crippen LogP contribution in [-0.2, 0) is 0 Å². The van der Waals surface area contributed by atoms with Crippen LogP contribution in [0.1, 0.15) is 51.3 Å². The first-order chi connectivity index (χ1) is 9.11. The van der Waals surface area contributed by atoms with E-state index in [4.69, 9.17) is 0 Å². The lowest BCUT2D eigenvalue weighted by Crippen LogP contribution is -2.36. The van der Waals surface area contributed by atoms with E-state index in [0.717, 1.165) is 16.2 Å². The summed E-state index contributed by atoms with van der Waals surface area (Å²) in [5.74, 6) is 2.09. The minimum absolute atomic E-state index is 0.162. The van der Waals surface area contributed by atoms with Gasteiger partial charge in [0.2, 0.25) is 0 Å². The second-order valence-corrected chi connectivity index (χ2v) is 6.23. The van der Waals surface area contributed by atoms with Gasteiger partial charge in [0.1, 0.15) is 16.2 Å². The summed E-state index contributed by atoms with van der Waals surface area (Å²) < 4.78 is 0.821. The first-order valence-corrected chi connectivity index (χ1v) is 7.83. The normalized spacial score (nSPS) is 16.3. The molecule has 19 heavy (non-hydrogen) atoms. The van der Waals surface area contributed by atoms with Crippen molar-refractivity contribution in [3.8, 4) is 0 Å². The van der Waals surface area contributed by atoms with Crippen molar-refractivity contribution in [2.75, 3.05) is 18.1 Å². The van der Waals surface area contributed by atoms with Gasteiger partial charge in [0.15, 0.2) is 0 Å². The molecule has 1 aromatic rings. The van der Waals surface area contributed by atoms with Crippen molar-refractivity contribution >= 4 is 21.7 Å². The molecule has 4 nitrogen and oxygen atoms in total. The zero-order valence-corrected chi connectivity index (χ0v) is 13.2. The summed E-state index contributed by atoms with van der Waals surface area (Å²) in [6, 6.07) is 2.47. The highest BCUT2D eigenvalue weighted by Crippen LogP contribution is 2.28. The molecular formula is C14H22BrN3O. The Morgan fingerprint density at radius 3 is 2.63 bits per heavy atom. The average Bonchev–Trinajstić information content (AvgIpc) is 2.88. The Morgan fingerprint density at radius 2 is 2.05 bits per heavy atom. The van der Waals surface area contributed by atoms with Crippen LogP contribution in [0.3, 0.4) is 0 Å². The van der Waals surface area contributed by atoms with Gasteiger partial charge in [-0.25, -0.2) is 9.97 Å². The van der Waals surface area contributed by atoms with Crippen molar-refractivity contribution in [1.82, 2.24) is 9.97 Å². The van der Waals surface area contributed by atoms with Gasteiger partial charge in [-0.15, -0.1) is 0 Å². The number of aliphatic hydroxyl groups excluding tert-OH is 1. The molecule has 0 saturated heterocycles. The SMILES string of the molecule is CC(C)c1nc(Br)cc(N(CCO)C2CCCC2)n1. The number of rotatable bonds is 5. The molecule has 1 heterocycles. The number of halogens is 1. The number of hydrogen-bond acceptors (Lipinski definition) is 4. The Labute approximate surface area is 123 Å². The van der Waals surface area contributed by atoms with E-state index in [1.54, 1.807) is 0 Å². The molecule has 0 atom stereocenters. The molecular weight excluding hydrogens is 306 g/mol. The second-order valence-electron chi connectivity index (χ2n) is 5.42. The van der Waals surface area contributed by atoms with Crippen LogP contribution in [-0.4, -0.2) is 34.3 Å². The van der Waals surface area contributed by atoms with Gasteiger partial charge in [0, 0.05) is 24.6 Å². The monoisotopic (exact) mass is 327 g/mol. The number of aromatic nitrogens is 2. The molecule has 1 N–H and O–H groups in total. The molecule has 0 aliphatic heterocycles. The van der Waals surface area contributed by atoms with Gasteiger partial charge in [-0.3, -0.25) is 0 Å². The number of hydrogen-bond donors (Lipinski definition) is 1. The summed E-state index contributed by atoms with van der Waals surface area (Å²) in [5.41, 5.74) is 0. The third kappa shape index (κ3) is 3.66. The van der Waals surface area contributed by atoms with Crippen molar-refractivity contribution in [2.24, 2.45) is 0 Å². The minimum atomic E-state index is 0.162. The summed E-state index contributed by atoms with van der Waals surface area (Å²) in [6.45, 7) is 5.00. The molecule has 1 aromatic heterocycles. The molecule has 0 radical (unpaired) electrons. The smallest absolute Gasteiger partial charge is 0.134 e. The van der Waals surface area contributed by atoms with Gasteiger partial charge in [-0.1, -0.05) is 26.7 Å². The first kappa shape index (κ1) is 14.7. The third-order valence-electron chi connectivity index (χ3n) is 3.62. The van der Waals surface area contributed by atoms with Gasteiger partial charge in [0.05, 0.1) is 6.61 Å². The lowest BCUT2D eigenvalue weighted by Gasteiger charge is -2.30. The van der Waals surface area contributed by atoms with Gasteiger partial charge >= 0.3 is 0 Å². The quantitative estimate of drug-likeness (QED) is 0.844. The Balaban J connectivity index is 2.29. The molecule has 0 bridgehead atoms. The van der Waals surface area contributed by atoms with Crippen molar-refractivity contribution in [1.29, 1.82) is 0 Å². The molecule has 1 saturated carbocycles. The van der Waals surface area contributed by atoms with Gasteiger partial charge in [0.25, 0.3) is 0 Å². The van der Waals surface area contributed by atoms with E-state index < -0.39 is 0 Å². The van der Waals surface area contributed by atoms with Crippen LogP contribution >= 0.6 is 15.9 Å². The van der Waals surface area contributed by atoms with Crippen LogP contribution in [0.25, 0.3) is 0 Å². The van der Waals surface area contributed by atoms with Crippen LogP contribution in [0.15, 0.2) is 10.7 Å². The summed E-state index contributed by atoms with van der Waals surface area (Å²) in [6.07, 6.45) is 4.93. The maximum Gasteiger partial charge on any atom is 0.134 e. The number of anilines is 1. The van der Waals surface area contributed by atoms with Crippen LogP contribution in [0.4, 0.5) is 5.82 Å². The first-order valence-electron chi connectivity index (χ1n) is 7.03. The van der Waals surface area contributed by atoms with Crippen LogP contribution in [0.2, 0.25) is 0 Å². The van der Waals surface area contributed by atoms with E-state index in [1.165, 1.54) is 25.7 Å².